The smallest absolute Gasteiger partial charge is 0.307 e. The van der Waals surface area contributed by atoms with E-state index in [1.165, 1.54) is 0 Å². The molecule has 1 N–H and O–H groups in total. The van der Waals surface area contributed by atoms with Gasteiger partial charge in [-0.15, -0.1) is 0 Å². The molecule has 5 heteroatoms. The zero-order valence-corrected chi connectivity index (χ0v) is 14.1. The van der Waals surface area contributed by atoms with Crippen LogP contribution in [0.25, 0.3) is 0 Å². The van der Waals surface area contributed by atoms with Crippen LogP contribution < -0.4 is 9.47 Å². The summed E-state index contributed by atoms with van der Waals surface area (Å²) in [5.74, 6) is -1.75. The van der Waals surface area contributed by atoms with Crippen LogP contribution in [0, 0.1) is 11.8 Å². The highest BCUT2D eigenvalue weighted by atomic mass is 16.5. The number of rotatable bonds is 6. The zero-order chi connectivity index (χ0) is 18.0. The van der Waals surface area contributed by atoms with Crippen LogP contribution in [-0.4, -0.2) is 31.6 Å². The summed E-state index contributed by atoms with van der Waals surface area (Å²) in [7, 11) is 3.09. The van der Waals surface area contributed by atoms with Gasteiger partial charge in [-0.25, -0.2) is 0 Å². The van der Waals surface area contributed by atoms with Gasteiger partial charge in [0.2, 0.25) is 0 Å². The second-order valence-electron chi connectivity index (χ2n) is 6.11. The van der Waals surface area contributed by atoms with Crippen LogP contribution in [0.5, 0.6) is 11.5 Å². The molecule has 3 unspecified atom stereocenters. The third-order valence-electron chi connectivity index (χ3n) is 5.04. The molecule has 2 aromatic carbocycles. The third-order valence-corrected chi connectivity index (χ3v) is 5.04. The number of methoxy groups -OCH3 is 2. The van der Waals surface area contributed by atoms with Gasteiger partial charge in [0, 0.05) is 17.8 Å². The molecule has 1 fully saturated rings. The Balaban J connectivity index is 2.08. The molecule has 0 spiro atoms. The molecule has 3 rings (SSSR count). The molecule has 4 atom stereocenters. The maximum absolute atomic E-state index is 12.0. The van der Waals surface area contributed by atoms with Gasteiger partial charge >= 0.3 is 5.97 Å². The summed E-state index contributed by atoms with van der Waals surface area (Å²) >= 11 is 0. The van der Waals surface area contributed by atoms with Crippen molar-refractivity contribution < 1.29 is 24.2 Å². The second kappa shape index (κ2) is 6.97. The first-order chi connectivity index (χ1) is 12.1. The Morgan fingerprint density at radius 1 is 0.920 bits per heavy atom. The predicted molar refractivity (Wildman–Crippen MR) is 92.1 cm³/mol. The number of carbonyl (C=O) groups excluding carboxylic acids is 1. The van der Waals surface area contributed by atoms with Gasteiger partial charge in [0.25, 0.3) is 0 Å². The molecule has 0 radical (unpaired) electrons. The van der Waals surface area contributed by atoms with Gasteiger partial charge in [-0.3, -0.25) is 4.79 Å². The van der Waals surface area contributed by atoms with E-state index in [9.17, 15) is 14.7 Å². The third kappa shape index (κ3) is 2.76. The van der Waals surface area contributed by atoms with Crippen molar-refractivity contribution in [3.05, 3.63) is 59.7 Å². The summed E-state index contributed by atoms with van der Waals surface area (Å²) in [6, 6.07) is 14.5. The fourth-order valence-corrected chi connectivity index (χ4v) is 3.94. The summed E-state index contributed by atoms with van der Waals surface area (Å²) in [4.78, 5) is 23.9. The first-order valence-electron chi connectivity index (χ1n) is 8.08. The molecular weight excluding hydrogens is 320 g/mol. The van der Waals surface area contributed by atoms with Crippen molar-refractivity contribution in [3.8, 4) is 11.5 Å². The van der Waals surface area contributed by atoms with E-state index < -0.39 is 29.6 Å². The number of hydrogen-bond donors (Lipinski definition) is 1. The molecule has 0 bridgehead atoms. The summed E-state index contributed by atoms with van der Waals surface area (Å²) in [5, 5.41) is 9.84. The van der Waals surface area contributed by atoms with Crippen molar-refractivity contribution in [1.82, 2.24) is 0 Å². The number of hydrogen-bond acceptors (Lipinski definition) is 4. The van der Waals surface area contributed by atoms with E-state index in [4.69, 9.17) is 9.47 Å². The molecule has 0 saturated heterocycles. The number of carboxylic acid groups (broad SMARTS) is 1. The fourth-order valence-electron chi connectivity index (χ4n) is 3.94. The average Bonchev–Trinajstić information content (AvgIpc) is 2.61. The van der Waals surface area contributed by atoms with Crippen LogP contribution in [-0.2, 0) is 9.59 Å². The molecule has 1 saturated carbocycles. The topological polar surface area (TPSA) is 72.8 Å². The van der Waals surface area contributed by atoms with E-state index in [1.807, 2.05) is 36.4 Å². The molecule has 0 aromatic heterocycles. The summed E-state index contributed by atoms with van der Waals surface area (Å²) in [5.41, 5.74) is 1.50. The second-order valence-corrected chi connectivity index (χ2v) is 6.11. The average molecular weight is 340 g/mol. The molecule has 0 amide bonds. The number of para-hydroxylation sites is 2. The molecule has 2 aromatic rings. The number of ether oxygens (including phenoxy) is 2. The highest BCUT2D eigenvalue weighted by Crippen LogP contribution is 2.59. The largest absolute Gasteiger partial charge is 0.496 e. The SMILES string of the molecule is COc1ccccc1C1C(C=O)[C@H](c2ccccc2OC)C1C(=O)O. The van der Waals surface area contributed by atoms with E-state index in [-0.39, 0.29) is 0 Å². The molecule has 0 aliphatic heterocycles. The minimum absolute atomic E-state index is 0.430. The van der Waals surface area contributed by atoms with Gasteiger partial charge in [0.15, 0.2) is 0 Å². The summed E-state index contributed by atoms with van der Waals surface area (Å²) in [6.45, 7) is 0. The highest BCUT2D eigenvalue weighted by molar-refractivity contribution is 5.80. The van der Waals surface area contributed by atoms with Gasteiger partial charge < -0.3 is 19.4 Å². The predicted octanol–water partition coefficient (Wildman–Crippen LogP) is 3.10. The Morgan fingerprint density at radius 3 is 1.72 bits per heavy atom. The molecule has 130 valence electrons. The Bertz CT molecular complexity index is 730. The van der Waals surface area contributed by atoms with Gasteiger partial charge in [0.1, 0.15) is 17.8 Å². The van der Waals surface area contributed by atoms with Crippen molar-refractivity contribution in [1.29, 1.82) is 0 Å². The van der Waals surface area contributed by atoms with Gasteiger partial charge in [-0.1, -0.05) is 36.4 Å². The maximum Gasteiger partial charge on any atom is 0.307 e. The number of carbonyl (C=O) groups is 2. The van der Waals surface area contributed by atoms with Crippen LogP contribution in [0.4, 0.5) is 0 Å². The summed E-state index contributed by atoms with van der Waals surface area (Å²) in [6.07, 6.45) is 0.855. The quantitative estimate of drug-likeness (QED) is 0.818. The Morgan fingerprint density at radius 2 is 1.36 bits per heavy atom. The Kier molecular flexibility index (Phi) is 4.74. The monoisotopic (exact) mass is 340 g/mol. The first-order valence-corrected chi connectivity index (χ1v) is 8.08. The fraction of sp³-hybridized carbons (Fsp3) is 0.300. The van der Waals surface area contributed by atoms with Crippen molar-refractivity contribution in [2.75, 3.05) is 14.2 Å². The number of carboxylic acids is 1. The minimum atomic E-state index is -0.926. The lowest BCUT2D eigenvalue weighted by Gasteiger charge is -2.48. The standard InChI is InChI=1S/C20H20O5/c1-24-15-9-5-3-7-12(15)17-14(11-21)18(19(17)20(22)23)13-8-4-6-10-16(13)25-2/h3-11,14,17-19H,1-2H3,(H,22,23)/t14?,17-,18?,19?/m0/s1. The normalized spacial score (nSPS) is 24.9. The molecular formula is C20H20O5. The summed E-state index contributed by atoms with van der Waals surface area (Å²) < 4.78 is 10.8. The van der Waals surface area contributed by atoms with Crippen LogP contribution in [0.2, 0.25) is 0 Å². The Hall–Kier alpha value is -2.82. The number of benzene rings is 2. The van der Waals surface area contributed by atoms with Gasteiger partial charge in [-0.2, -0.15) is 0 Å². The van der Waals surface area contributed by atoms with Crippen LogP contribution in [0.15, 0.2) is 48.5 Å². The minimum Gasteiger partial charge on any atom is -0.496 e. The van der Waals surface area contributed by atoms with Crippen LogP contribution in [0.1, 0.15) is 23.0 Å². The van der Waals surface area contributed by atoms with E-state index in [1.54, 1.807) is 26.4 Å². The number of aliphatic carboxylic acids is 1. The zero-order valence-electron chi connectivity index (χ0n) is 14.1. The van der Waals surface area contributed by atoms with Crippen LogP contribution >= 0.6 is 0 Å². The Labute approximate surface area is 146 Å². The van der Waals surface area contributed by atoms with Crippen LogP contribution in [0.3, 0.4) is 0 Å². The van der Waals surface area contributed by atoms with Crippen molar-refractivity contribution in [3.63, 3.8) is 0 Å². The maximum atomic E-state index is 12.0. The molecule has 1 aliphatic carbocycles. The molecule has 0 heterocycles. The lowest BCUT2D eigenvalue weighted by atomic mass is 9.53. The van der Waals surface area contributed by atoms with E-state index in [0.29, 0.717) is 11.5 Å². The molecule has 1 aliphatic rings. The first kappa shape index (κ1) is 17.0. The van der Waals surface area contributed by atoms with E-state index >= 15 is 0 Å². The molecule has 5 nitrogen and oxygen atoms in total. The van der Waals surface area contributed by atoms with Gasteiger partial charge in [0.05, 0.1) is 20.1 Å². The van der Waals surface area contributed by atoms with Crippen molar-refractivity contribution >= 4 is 12.3 Å². The van der Waals surface area contributed by atoms with Gasteiger partial charge in [-0.05, 0) is 23.3 Å². The number of aldehydes is 1. The molecule has 25 heavy (non-hydrogen) atoms. The van der Waals surface area contributed by atoms with Crippen molar-refractivity contribution in [2.24, 2.45) is 11.8 Å². The lowest BCUT2D eigenvalue weighted by Crippen LogP contribution is -2.48. The van der Waals surface area contributed by atoms with E-state index in [0.717, 1.165) is 17.4 Å². The highest BCUT2D eigenvalue weighted by Gasteiger charge is 2.56. The van der Waals surface area contributed by atoms with E-state index in [2.05, 4.69) is 0 Å². The lowest BCUT2D eigenvalue weighted by molar-refractivity contribution is -0.150. The van der Waals surface area contributed by atoms with Crippen molar-refractivity contribution in [2.45, 2.75) is 11.8 Å².